The lowest BCUT2D eigenvalue weighted by Gasteiger charge is -2.26. The van der Waals surface area contributed by atoms with Gasteiger partial charge < -0.3 is 10.2 Å². The van der Waals surface area contributed by atoms with E-state index in [1.807, 2.05) is 0 Å². The summed E-state index contributed by atoms with van der Waals surface area (Å²) >= 11 is 6.00. The minimum absolute atomic E-state index is 0.0532. The third-order valence-electron chi connectivity index (χ3n) is 2.52. The van der Waals surface area contributed by atoms with Crippen molar-refractivity contribution in [3.8, 4) is 0 Å². The van der Waals surface area contributed by atoms with Gasteiger partial charge in [0.15, 0.2) is 5.00 Å². The number of benzene rings is 1. The van der Waals surface area contributed by atoms with Crippen LogP contribution in [-0.2, 0) is 16.0 Å². The molecule has 0 aliphatic carbocycles. The Morgan fingerprint density at radius 2 is 1.95 bits per heavy atom. The van der Waals surface area contributed by atoms with E-state index in [0.29, 0.717) is 5.56 Å². The zero-order chi connectivity index (χ0) is 14.5. The van der Waals surface area contributed by atoms with Crippen molar-refractivity contribution >= 4 is 23.5 Å². The first-order valence-electron chi connectivity index (χ1n) is 5.48. The minimum Gasteiger partial charge on any atom is -0.480 e. The SMILES string of the molecule is C=CC(NC(Cl)(Cc1ccccc1)C(=O)O)C(=O)O. The van der Waals surface area contributed by atoms with Gasteiger partial charge in [-0.05, 0) is 5.56 Å². The Bertz CT molecular complexity index is 477. The highest BCUT2D eigenvalue weighted by molar-refractivity contribution is 6.33. The Balaban J connectivity index is 2.94. The second kappa shape index (κ2) is 6.36. The molecule has 0 radical (unpaired) electrons. The number of carbonyl (C=O) groups is 2. The molecule has 1 aromatic rings. The summed E-state index contributed by atoms with van der Waals surface area (Å²) < 4.78 is 0. The van der Waals surface area contributed by atoms with Gasteiger partial charge in [-0.1, -0.05) is 48.0 Å². The highest BCUT2D eigenvalue weighted by atomic mass is 35.5. The number of hydrogen-bond donors (Lipinski definition) is 3. The maximum atomic E-state index is 11.3. The predicted molar refractivity (Wildman–Crippen MR) is 71.1 cm³/mol. The lowest BCUT2D eigenvalue weighted by molar-refractivity contribution is -0.143. The fourth-order valence-corrected chi connectivity index (χ4v) is 1.81. The number of carboxylic acid groups (broad SMARTS) is 2. The Morgan fingerprint density at radius 1 is 1.37 bits per heavy atom. The van der Waals surface area contributed by atoms with Crippen molar-refractivity contribution in [3.63, 3.8) is 0 Å². The maximum absolute atomic E-state index is 11.3. The Morgan fingerprint density at radius 3 is 2.37 bits per heavy atom. The summed E-state index contributed by atoms with van der Waals surface area (Å²) in [7, 11) is 0. The van der Waals surface area contributed by atoms with E-state index >= 15 is 0 Å². The zero-order valence-corrected chi connectivity index (χ0v) is 10.8. The van der Waals surface area contributed by atoms with Gasteiger partial charge in [0.25, 0.3) is 0 Å². The Kier molecular flexibility index (Phi) is 5.09. The molecule has 0 aliphatic heterocycles. The second-order valence-electron chi connectivity index (χ2n) is 3.96. The number of aliphatic carboxylic acids is 2. The van der Waals surface area contributed by atoms with Crippen LogP contribution < -0.4 is 5.32 Å². The first kappa shape index (κ1) is 15.2. The van der Waals surface area contributed by atoms with Gasteiger partial charge in [-0.15, -0.1) is 6.58 Å². The van der Waals surface area contributed by atoms with E-state index in [0.717, 1.165) is 6.08 Å². The van der Waals surface area contributed by atoms with Gasteiger partial charge in [0, 0.05) is 6.42 Å². The molecule has 0 bridgehead atoms. The van der Waals surface area contributed by atoms with E-state index in [-0.39, 0.29) is 6.42 Å². The van der Waals surface area contributed by atoms with Crippen LogP contribution in [0.4, 0.5) is 0 Å². The molecule has 5 nitrogen and oxygen atoms in total. The van der Waals surface area contributed by atoms with Crippen LogP contribution in [0, 0.1) is 0 Å². The topological polar surface area (TPSA) is 86.6 Å². The fourth-order valence-electron chi connectivity index (χ4n) is 1.53. The van der Waals surface area contributed by atoms with E-state index in [4.69, 9.17) is 16.7 Å². The lowest BCUT2D eigenvalue weighted by Crippen LogP contribution is -2.55. The molecule has 6 heteroatoms. The molecule has 0 fully saturated rings. The molecule has 0 spiro atoms. The molecule has 102 valence electrons. The molecule has 1 aromatic carbocycles. The summed E-state index contributed by atoms with van der Waals surface area (Å²) in [6.07, 6.45) is 1.04. The van der Waals surface area contributed by atoms with E-state index in [1.54, 1.807) is 30.3 Å². The van der Waals surface area contributed by atoms with Crippen molar-refractivity contribution < 1.29 is 19.8 Å². The molecular weight excluding hydrogens is 270 g/mol. The third kappa shape index (κ3) is 4.08. The zero-order valence-electron chi connectivity index (χ0n) is 10.0. The smallest absolute Gasteiger partial charge is 0.339 e. The van der Waals surface area contributed by atoms with Gasteiger partial charge in [0.05, 0.1) is 0 Å². The predicted octanol–water partition coefficient (Wildman–Crippen LogP) is 1.48. The Hall–Kier alpha value is -1.85. The van der Waals surface area contributed by atoms with Crippen LogP contribution in [0.2, 0.25) is 0 Å². The van der Waals surface area contributed by atoms with Crippen LogP contribution in [0.1, 0.15) is 5.56 Å². The van der Waals surface area contributed by atoms with Crippen molar-refractivity contribution in [2.24, 2.45) is 0 Å². The number of rotatable bonds is 7. The number of carboxylic acids is 2. The largest absolute Gasteiger partial charge is 0.480 e. The standard InChI is InChI=1S/C13H14ClNO4/c1-2-10(11(16)17)15-13(14,12(18)19)8-9-6-4-3-5-7-9/h2-7,10,15H,1,8H2,(H,16,17)(H,18,19). The number of alkyl halides is 1. The van der Waals surface area contributed by atoms with Crippen molar-refractivity contribution in [2.45, 2.75) is 17.5 Å². The number of nitrogens with one attached hydrogen (secondary N) is 1. The number of halogens is 1. The molecule has 0 saturated heterocycles. The van der Waals surface area contributed by atoms with Crippen LogP contribution in [0.25, 0.3) is 0 Å². The highest BCUT2D eigenvalue weighted by Gasteiger charge is 2.39. The van der Waals surface area contributed by atoms with E-state index < -0.39 is 23.0 Å². The summed E-state index contributed by atoms with van der Waals surface area (Å²) in [5.41, 5.74) is 0.681. The van der Waals surface area contributed by atoms with Crippen LogP contribution >= 0.6 is 11.6 Å². The third-order valence-corrected chi connectivity index (χ3v) is 2.92. The molecule has 0 heterocycles. The fraction of sp³-hybridized carbons (Fsp3) is 0.231. The van der Waals surface area contributed by atoms with Gasteiger partial charge >= 0.3 is 11.9 Å². The highest BCUT2D eigenvalue weighted by Crippen LogP contribution is 2.20. The van der Waals surface area contributed by atoms with Crippen LogP contribution in [-0.4, -0.2) is 33.2 Å². The van der Waals surface area contributed by atoms with Crippen LogP contribution in [0.5, 0.6) is 0 Å². The van der Waals surface area contributed by atoms with E-state index in [2.05, 4.69) is 11.9 Å². The molecule has 0 amide bonds. The molecule has 0 saturated carbocycles. The monoisotopic (exact) mass is 283 g/mol. The average Bonchev–Trinajstić information content (AvgIpc) is 2.36. The molecule has 0 aromatic heterocycles. The van der Waals surface area contributed by atoms with Crippen LogP contribution in [0.15, 0.2) is 43.0 Å². The quantitative estimate of drug-likeness (QED) is 0.401. The first-order valence-corrected chi connectivity index (χ1v) is 5.86. The molecule has 0 aliphatic rings. The van der Waals surface area contributed by atoms with Crippen LogP contribution in [0.3, 0.4) is 0 Å². The van der Waals surface area contributed by atoms with Gasteiger partial charge in [-0.2, -0.15) is 0 Å². The second-order valence-corrected chi connectivity index (χ2v) is 4.61. The van der Waals surface area contributed by atoms with E-state index in [1.165, 1.54) is 0 Å². The maximum Gasteiger partial charge on any atom is 0.339 e. The van der Waals surface area contributed by atoms with Gasteiger partial charge in [0.1, 0.15) is 6.04 Å². The number of hydrogen-bond acceptors (Lipinski definition) is 3. The molecule has 1 rings (SSSR count). The lowest BCUT2D eigenvalue weighted by atomic mass is 10.0. The van der Waals surface area contributed by atoms with Gasteiger partial charge in [-0.3, -0.25) is 10.1 Å². The molecular formula is C13H14ClNO4. The molecule has 2 atom stereocenters. The molecule has 3 N–H and O–H groups in total. The first-order chi connectivity index (χ1) is 8.89. The molecule has 2 unspecified atom stereocenters. The average molecular weight is 284 g/mol. The minimum atomic E-state index is -1.90. The van der Waals surface area contributed by atoms with E-state index in [9.17, 15) is 14.7 Å². The Labute approximate surface area is 115 Å². The van der Waals surface area contributed by atoms with Crippen molar-refractivity contribution in [3.05, 3.63) is 48.6 Å². The van der Waals surface area contributed by atoms with Gasteiger partial charge in [0.2, 0.25) is 0 Å². The summed E-state index contributed by atoms with van der Waals surface area (Å²) in [6, 6.07) is 7.47. The van der Waals surface area contributed by atoms with Crippen molar-refractivity contribution in [1.82, 2.24) is 5.32 Å². The van der Waals surface area contributed by atoms with Gasteiger partial charge in [-0.25, -0.2) is 4.79 Å². The normalized spacial score (nSPS) is 15.2. The summed E-state index contributed by atoms with van der Waals surface area (Å²) in [4.78, 5) is 20.3. The summed E-state index contributed by atoms with van der Waals surface area (Å²) in [5.74, 6) is -2.58. The summed E-state index contributed by atoms with van der Waals surface area (Å²) in [5, 5.41) is 20.5. The molecule has 19 heavy (non-hydrogen) atoms. The summed E-state index contributed by atoms with van der Waals surface area (Å²) in [6.45, 7) is 3.34. The van der Waals surface area contributed by atoms with Crippen molar-refractivity contribution in [2.75, 3.05) is 0 Å². The van der Waals surface area contributed by atoms with Crippen molar-refractivity contribution in [1.29, 1.82) is 0 Å².